The van der Waals surface area contributed by atoms with E-state index < -0.39 is 0 Å². The smallest absolute Gasteiger partial charge is 0.0569 e. The molecule has 0 fully saturated rings. The molecule has 0 aliphatic heterocycles. The fraction of sp³-hybridized carbons (Fsp3) is 0.375. The van der Waals surface area contributed by atoms with E-state index >= 15 is 0 Å². The Bertz CT molecular complexity index is 550. The van der Waals surface area contributed by atoms with E-state index in [1.165, 1.54) is 16.0 Å². The van der Waals surface area contributed by atoms with Gasteiger partial charge < -0.3 is 5.73 Å². The molecule has 2 unspecified atom stereocenters. The summed E-state index contributed by atoms with van der Waals surface area (Å²) in [6, 6.07) is 10.7. The van der Waals surface area contributed by atoms with Crippen LogP contribution >= 0.6 is 22.9 Å². The van der Waals surface area contributed by atoms with Gasteiger partial charge in [-0.25, -0.2) is 0 Å². The van der Waals surface area contributed by atoms with Gasteiger partial charge in [-0.1, -0.05) is 23.7 Å². The molecule has 0 bridgehead atoms. The van der Waals surface area contributed by atoms with Crippen molar-refractivity contribution >= 4 is 22.9 Å². The molecule has 1 aromatic carbocycles. The van der Waals surface area contributed by atoms with Crippen LogP contribution in [0.4, 0.5) is 0 Å². The molecule has 2 nitrogen and oxygen atoms in total. The molecule has 0 amide bonds. The molecule has 1 aromatic heterocycles. The molecule has 1 heterocycles. The number of nitrogens with two attached hydrogens (primary N) is 1. The molecule has 2 rings (SSSR count). The average molecular weight is 309 g/mol. The van der Waals surface area contributed by atoms with E-state index in [1.54, 1.807) is 11.3 Å². The minimum atomic E-state index is 0.251. The lowest BCUT2D eigenvalue weighted by atomic mass is 10.0. The number of hydrogen-bond donors (Lipinski definition) is 1. The van der Waals surface area contributed by atoms with Crippen LogP contribution in [0, 0.1) is 6.92 Å². The highest BCUT2D eigenvalue weighted by Crippen LogP contribution is 2.33. The van der Waals surface area contributed by atoms with E-state index in [-0.39, 0.29) is 6.04 Å². The van der Waals surface area contributed by atoms with Gasteiger partial charge in [-0.2, -0.15) is 0 Å². The van der Waals surface area contributed by atoms with E-state index in [2.05, 4.69) is 49.4 Å². The summed E-state index contributed by atoms with van der Waals surface area (Å²) in [5, 5.41) is 2.90. The summed E-state index contributed by atoms with van der Waals surface area (Å²) >= 11 is 7.74. The van der Waals surface area contributed by atoms with Gasteiger partial charge in [-0.15, -0.1) is 11.3 Å². The highest BCUT2D eigenvalue weighted by Gasteiger charge is 2.23. The Hall–Kier alpha value is -0.870. The normalized spacial score (nSPS) is 14.5. The molecular formula is C16H21ClN2S. The van der Waals surface area contributed by atoms with Gasteiger partial charge in [0.2, 0.25) is 0 Å². The largest absolute Gasteiger partial charge is 0.329 e. The number of nitrogens with zero attached hydrogens (tertiary/aromatic N) is 1. The molecule has 2 aromatic rings. The van der Waals surface area contributed by atoms with Crippen LogP contribution in [-0.2, 0) is 0 Å². The maximum absolute atomic E-state index is 6.02. The Kier molecular flexibility index (Phi) is 5.22. The Labute approximate surface area is 130 Å². The molecule has 0 saturated heterocycles. The number of rotatable bonds is 5. The fourth-order valence-corrected chi connectivity index (χ4v) is 3.65. The second-order valence-corrected chi connectivity index (χ2v) is 6.50. The van der Waals surface area contributed by atoms with Crippen LogP contribution in [-0.4, -0.2) is 18.5 Å². The number of aryl methyl sites for hydroxylation is 1. The summed E-state index contributed by atoms with van der Waals surface area (Å²) in [7, 11) is 2.13. The zero-order valence-corrected chi connectivity index (χ0v) is 13.7. The second kappa shape index (κ2) is 6.72. The van der Waals surface area contributed by atoms with Gasteiger partial charge in [0.25, 0.3) is 0 Å². The lowest BCUT2D eigenvalue weighted by Crippen LogP contribution is -2.32. The Balaban J connectivity index is 2.22. The molecule has 2 atom stereocenters. The van der Waals surface area contributed by atoms with E-state index in [0.29, 0.717) is 12.6 Å². The van der Waals surface area contributed by atoms with Crippen molar-refractivity contribution in [1.82, 2.24) is 4.90 Å². The molecular weight excluding hydrogens is 288 g/mol. The van der Waals surface area contributed by atoms with Gasteiger partial charge in [0.15, 0.2) is 0 Å². The van der Waals surface area contributed by atoms with Crippen molar-refractivity contribution in [2.75, 3.05) is 13.6 Å². The zero-order valence-electron chi connectivity index (χ0n) is 12.1. The van der Waals surface area contributed by atoms with Crippen LogP contribution in [0.25, 0.3) is 0 Å². The van der Waals surface area contributed by atoms with Crippen molar-refractivity contribution in [2.24, 2.45) is 5.73 Å². The summed E-state index contributed by atoms with van der Waals surface area (Å²) in [5.74, 6) is 0. The van der Waals surface area contributed by atoms with Crippen LogP contribution in [0.1, 0.15) is 35.0 Å². The third kappa shape index (κ3) is 3.23. The monoisotopic (exact) mass is 308 g/mol. The van der Waals surface area contributed by atoms with Gasteiger partial charge >= 0.3 is 0 Å². The minimum Gasteiger partial charge on any atom is -0.329 e. The highest BCUT2D eigenvalue weighted by molar-refractivity contribution is 7.10. The van der Waals surface area contributed by atoms with Crippen molar-refractivity contribution in [3.8, 4) is 0 Å². The van der Waals surface area contributed by atoms with Gasteiger partial charge in [-0.05, 0) is 55.6 Å². The van der Waals surface area contributed by atoms with E-state index in [0.717, 1.165) is 5.02 Å². The Morgan fingerprint density at radius 3 is 2.40 bits per heavy atom. The SMILES string of the molecule is Cc1ccsc1C(CN)N(C)C(C)c1ccc(Cl)cc1. The molecule has 0 spiro atoms. The Morgan fingerprint density at radius 1 is 1.25 bits per heavy atom. The fourth-order valence-electron chi connectivity index (χ4n) is 2.43. The van der Waals surface area contributed by atoms with Crippen molar-refractivity contribution in [2.45, 2.75) is 25.9 Å². The van der Waals surface area contributed by atoms with Crippen molar-refractivity contribution in [1.29, 1.82) is 0 Å². The Morgan fingerprint density at radius 2 is 1.90 bits per heavy atom. The van der Waals surface area contributed by atoms with Crippen LogP contribution in [0.2, 0.25) is 5.02 Å². The quantitative estimate of drug-likeness (QED) is 0.887. The molecule has 108 valence electrons. The first kappa shape index (κ1) is 15.5. The predicted molar refractivity (Wildman–Crippen MR) is 88.5 cm³/mol. The van der Waals surface area contributed by atoms with Gasteiger partial charge in [0.05, 0.1) is 6.04 Å². The van der Waals surface area contributed by atoms with Crippen molar-refractivity contribution < 1.29 is 0 Å². The van der Waals surface area contributed by atoms with Crippen LogP contribution in [0.15, 0.2) is 35.7 Å². The molecule has 20 heavy (non-hydrogen) atoms. The van der Waals surface area contributed by atoms with Crippen LogP contribution in [0.3, 0.4) is 0 Å². The molecule has 4 heteroatoms. The average Bonchev–Trinajstić information content (AvgIpc) is 2.86. The number of thiophene rings is 1. The lowest BCUT2D eigenvalue weighted by molar-refractivity contribution is 0.192. The number of benzene rings is 1. The summed E-state index contributed by atoms with van der Waals surface area (Å²) in [4.78, 5) is 3.69. The summed E-state index contributed by atoms with van der Waals surface area (Å²) < 4.78 is 0. The van der Waals surface area contributed by atoms with E-state index in [1.807, 2.05) is 12.1 Å². The number of halogens is 1. The van der Waals surface area contributed by atoms with Gasteiger partial charge in [0.1, 0.15) is 0 Å². The van der Waals surface area contributed by atoms with Gasteiger partial charge in [0, 0.05) is 22.5 Å². The first-order valence-corrected chi connectivity index (χ1v) is 8.01. The lowest BCUT2D eigenvalue weighted by Gasteiger charge is -2.32. The standard InChI is InChI=1S/C16H21ClN2S/c1-11-8-9-20-16(11)15(10-18)19(3)12(2)13-4-6-14(17)7-5-13/h4-9,12,15H,10,18H2,1-3H3. The number of likely N-dealkylation sites (N-methyl/N-ethyl adjacent to an activating group) is 1. The third-order valence-electron chi connectivity index (χ3n) is 3.88. The first-order chi connectivity index (χ1) is 9.54. The summed E-state index contributed by atoms with van der Waals surface area (Å²) in [6.07, 6.45) is 0. The third-order valence-corrected chi connectivity index (χ3v) is 5.25. The molecule has 0 saturated carbocycles. The zero-order chi connectivity index (χ0) is 14.7. The van der Waals surface area contributed by atoms with Gasteiger partial charge in [-0.3, -0.25) is 4.90 Å². The van der Waals surface area contributed by atoms with Crippen molar-refractivity contribution in [3.05, 3.63) is 56.7 Å². The topological polar surface area (TPSA) is 29.3 Å². The second-order valence-electron chi connectivity index (χ2n) is 5.11. The maximum Gasteiger partial charge on any atom is 0.0569 e. The molecule has 0 aliphatic carbocycles. The minimum absolute atomic E-state index is 0.251. The molecule has 2 N–H and O–H groups in total. The first-order valence-electron chi connectivity index (χ1n) is 6.76. The number of hydrogen-bond acceptors (Lipinski definition) is 3. The van der Waals surface area contributed by atoms with Crippen molar-refractivity contribution in [3.63, 3.8) is 0 Å². The predicted octanol–water partition coefficient (Wildman–Crippen LogP) is 4.40. The van der Waals surface area contributed by atoms with Crippen LogP contribution < -0.4 is 5.73 Å². The van der Waals surface area contributed by atoms with E-state index in [9.17, 15) is 0 Å². The molecule has 0 aliphatic rings. The van der Waals surface area contributed by atoms with E-state index in [4.69, 9.17) is 17.3 Å². The molecule has 0 radical (unpaired) electrons. The highest BCUT2D eigenvalue weighted by atomic mass is 35.5. The van der Waals surface area contributed by atoms with Crippen LogP contribution in [0.5, 0.6) is 0 Å². The summed E-state index contributed by atoms with van der Waals surface area (Å²) in [6.45, 7) is 4.97. The maximum atomic E-state index is 6.02. The summed E-state index contributed by atoms with van der Waals surface area (Å²) in [5.41, 5.74) is 8.59.